The number of hydrogen-bond acceptors (Lipinski definition) is 5. The molecule has 0 unspecified atom stereocenters. The molecule has 0 saturated carbocycles. The van der Waals surface area contributed by atoms with Crippen molar-refractivity contribution in [1.82, 2.24) is 4.90 Å². The Morgan fingerprint density at radius 2 is 1.50 bits per heavy atom. The molecular formula is C25H20FNO4S. The minimum atomic E-state index is -0.418. The predicted molar refractivity (Wildman–Crippen MR) is 121 cm³/mol. The Balaban J connectivity index is 1.54. The fourth-order valence-electron chi connectivity index (χ4n) is 3.26. The van der Waals surface area contributed by atoms with Crippen LogP contribution in [0.1, 0.15) is 5.56 Å². The molecule has 0 fully saturated rings. The minimum absolute atomic E-state index is 0.0905. The third kappa shape index (κ3) is 4.68. The number of carbonyl (C=O) groups is 2. The number of amides is 2. The summed E-state index contributed by atoms with van der Waals surface area (Å²) in [6.07, 6.45) is 0. The van der Waals surface area contributed by atoms with Crippen LogP contribution in [-0.4, -0.2) is 37.0 Å². The summed E-state index contributed by atoms with van der Waals surface area (Å²) >= 11 is 1.23. The van der Waals surface area contributed by atoms with Gasteiger partial charge in [0.2, 0.25) is 0 Å². The zero-order valence-corrected chi connectivity index (χ0v) is 18.1. The Kier molecular flexibility index (Phi) is 6.56. The average Bonchev–Trinajstić information content (AvgIpc) is 3.05. The summed E-state index contributed by atoms with van der Waals surface area (Å²) in [5, 5.41) is 0. The van der Waals surface area contributed by atoms with Gasteiger partial charge in [-0.05, 0) is 54.1 Å². The van der Waals surface area contributed by atoms with Gasteiger partial charge >= 0.3 is 0 Å². The van der Waals surface area contributed by atoms with Crippen molar-refractivity contribution in [3.8, 4) is 11.5 Å². The van der Waals surface area contributed by atoms with E-state index >= 15 is 0 Å². The Bertz CT molecular complexity index is 1140. The maximum atomic E-state index is 13.4. The monoisotopic (exact) mass is 449 g/mol. The van der Waals surface area contributed by atoms with E-state index < -0.39 is 11.7 Å². The molecule has 162 valence electrons. The van der Waals surface area contributed by atoms with E-state index in [4.69, 9.17) is 9.47 Å². The molecule has 0 aromatic heterocycles. The van der Waals surface area contributed by atoms with E-state index in [9.17, 15) is 14.0 Å². The Morgan fingerprint density at radius 3 is 2.16 bits per heavy atom. The van der Waals surface area contributed by atoms with Crippen LogP contribution in [0.5, 0.6) is 11.5 Å². The molecule has 3 aromatic carbocycles. The van der Waals surface area contributed by atoms with Gasteiger partial charge in [0, 0.05) is 4.90 Å². The molecule has 0 N–H and O–H groups in total. The molecule has 1 aliphatic rings. The van der Waals surface area contributed by atoms with Crippen LogP contribution in [0.3, 0.4) is 0 Å². The summed E-state index contributed by atoms with van der Waals surface area (Å²) in [6, 6.07) is 22.0. The first-order valence-corrected chi connectivity index (χ1v) is 10.7. The molecule has 1 heterocycles. The highest BCUT2D eigenvalue weighted by Crippen LogP contribution is 2.39. The van der Waals surface area contributed by atoms with Crippen molar-refractivity contribution in [3.05, 3.63) is 95.1 Å². The van der Waals surface area contributed by atoms with Gasteiger partial charge < -0.3 is 9.47 Å². The summed E-state index contributed by atoms with van der Waals surface area (Å²) in [6.45, 7) is 0.233. The van der Waals surface area contributed by atoms with Crippen molar-refractivity contribution in [2.45, 2.75) is 4.90 Å². The van der Waals surface area contributed by atoms with E-state index in [1.807, 2.05) is 30.3 Å². The molecule has 0 bridgehead atoms. The van der Waals surface area contributed by atoms with E-state index in [0.29, 0.717) is 22.0 Å². The Hall–Kier alpha value is -3.58. The molecule has 5 nitrogen and oxygen atoms in total. The fourth-order valence-corrected chi connectivity index (χ4v) is 4.29. The normalized spacial score (nSPS) is 13.6. The largest absolute Gasteiger partial charge is 0.497 e. The maximum absolute atomic E-state index is 13.4. The van der Waals surface area contributed by atoms with Gasteiger partial charge in [0.05, 0.1) is 24.1 Å². The lowest BCUT2D eigenvalue weighted by molar-refractivity contribution is -0.136. The number of nitrogens with zero attached hydrogens (tertiary/aromatic N) is 1. The summed E-state index contributed by atoms with van der Waals surface area (Å²) < 4.78 is 24.3. The lowest BCUT2D eigenvalue weighted by Gasteiger charge is -2.16. The second-order valence-electron chi connectivity index (χ2n) is 6.91. The highest BCUT2D eigenvalue weighted by molar-refractivity contribution is 8.04. The van der Waals surface area contributed by atoms with Gasteiger partial charge in [0.1, 0.15) is 23.9 Å². The van der Waals surface area contributed by atoms with Gasteiger partial charge in [-0.1, -0.05) is 42.1 Å². The lowest BCUT2D eigenvalue weighted by Crippen LogP contribution is -2.35. The zero-order chi connectivity index (χ0) is 22.5. The van der Waals surface area contributed by atoms with E-state index in [2.05, 4.69) is 0 Å². The van der Waals surface area contributed by atoms with Crippen LogP contribution >= 0.6 is 11.8 Å². The standard InChI is InChI=1S/C25H20FNO4S/c1-30-19-11-13-20(14-12-19)31-16-15-27-24(28)22(17-7-9-18(26)10-8-17)23(25(27)29)32-21-5-3-2-4-6-21/h2-14H,15-16H2,1H3. The average molecular weight is 450 g/mol. The van der Waals surface area contributed by atoms with Crippen LogP contribution in [0.4, 0.5) is 4.39 Å². The number of carbonyl (C=O) groups excluding carboxylic acids is 2. The van der Waals surface area contributed by atoms with Gasteiger partial charge in [-0.15, -0.1) is 0 Å². The van der Waals surface area contributed by atoms with Gasteiger partial charge in [0.25, 0.3) is 11.8 Å². The summed E-state index contributed by atoms with van der Waals surface area (Å²) in [7, 11) is 1.58. The molecule has 0 spiro atoms. The number of halogens is 1. The second kappa shape index (κ2) is 9.70. The number of imide groups is 1. The number of benzene rings is 3. The van der Waals surface area contributed by atoms with Gasteiger partial charge in [-0.25, -0.2) is 4.39 Å². The quantitative estimate of drug-likeness (QED) is 0.463. The van der Waals surface area contributed by atoms with Crippen molar-refractivity contribution >= 4 is 29.1 Å². The molecule has 32 heavy (non-hydrogen) atoms. The minimum Gasteiger partial charge on any atom is -0.497 e. The first-order chi connectivity index (χ1) is 15.6. The molecule has 4 rings (SSSR count). The Labute approximate surface area is 189 Å². The Morgan fingerprint density at radius 1 is 0.844 bits per heavy atom. The smallest absolute Gasteiger partial charge is 0.268 e. The molecule has 0 saturated heterocycles. The summed E-state index contributed by atoms with van der Waals surface area (Å²) in [4.78, 5) is 28.7. The van der Waals surface area contributed by atoms with Crippen molar-refractivity contribution in [1.29, 1.82) is 0 Å². The number of rotatable bonds is 8. The number of thioether (sulfide) groups is 1. The van der Waals surface area contributed by atoms with Gasteiger partial charge in [-0.3, -0.25) is 14.5 Å². The number of hydrogen-bond donors (Lipinski definition) is 0. The summed E-state index contributed by atoms with van der Waals surface area (Å²) in [5.41, 5.74) is 0.773. The topological polar surface area (TPSA) is 55.8 Å². The second-order valence-corrected chi connectivity index (χ2v) is 8.00. The fraction of sp³-hybridized carbons (Fsp3) is 0.120. The van der Waals surface area contributed by atoms with Crippen LogP contribution in [0.25, 0.3) is 5.57 Å². The maximum Gasteiger partial charge on any atom is 0.268 e. The number of methoxy groups -OCH3 is 1. The van der Waals surface area contributed by atoms with E-state index in [1.54, 1.807) is 31.4 Å². The van der Waals surface area contributed by atoms with Crippen molar-refractivity contribution in [2.24, 2.45) is 0 Å². The molecule has 7 heteroatoms. The van der Waals surface area contributed by atoms with E-state index in [-0.39, 0.29) is 24.6 Å². The molecule has 3 aromatic rings. The number of ether oxygens (including phenoxy) is 2. The van der Waals surface area contributed by atoms with Crippen LogP contribution in [0.2, 0.25) is 0 Å². The molecule has 0 radical (unpaired) electrons. The van der Waals surface area contributed by atoms with Gasteiger partial charge in [-0.2, -0.15) is 0 Å². The van der Waals surface area contributed by atoms with Crippen LogP contribution < -0.4 is 9.47 Å². The van der Waals surface area contributed by atoms with Crippen LogP contribution in [0, 0.1) is 5.82 Å². The third-order valence-corrected chi connectivity index (χ3v) is 5.96. The molecule has 0 aliphatic carbocycles. The highest BCUT2D eigenvalue weighted by atomic mass is 32.2. The van der Waals surface area contributed by atoms with Crippen LogP contribution in [-0.2, 0) is 9.59 Å². The van der Waals surface area contributed by atoms with Crippen molar-refractivity contribution in [2.75, 3.05) is 20.3 Å². The first-order valence-electron chi connectivity index (χ1n) is 9.93. The van der Waals surface area contributed by atoms with E-state index in [0.717, 1.165) is 4.90 Å². The highest BCUT2D eigenvalue weighted by Gasteiger charge is 2.39. The predicted octanol–water partition coefficient (Wildman–Crippen LogP) is 4.79. The zero-order valence-electron chi connectivity index (χ0n) is 17.3. The SMILES string of the molecule is COc1ccc(OCCN2C(=O)C(Sc3ccccc3)=C(c3ccc(F)cc3)C2=O)cc1. The molecule has 0 atom stereocenters. The third-order valence-electron chi connectivity index (χ3n) is 4.86. The lowest BCUT2D eigenvalue weighted by atomic mass is 10.1. The first kappa shape index (κ1) is 21.6. The summed E-state index contributed by atoms with van der Waals surface area (Å²) in [5.74, 6) is 0.0986. The van der Waals surface area contributed by atoms with Crippen LogP contribution in [0.15, 0.2) is 88.7 Å². The molecule has 1 aliphatic heterocycles. The van der Waals surface area contributed by atoms with Gasteiger partial charge in [0.15, 0.2) is 0 Å². The van der Waals surface area contributed by atoms with E-state index in [1.165, 1.54) is 40.9 Å². The molecule has 2 amide bonds. The van der Waals surface area contributed by atoms with Crippen molar-refractivity contribution < 1.29 is 23.5 Å². The van der Waals surface area contributed by atoms with Crippen molar-refractivity contribution in [3.63, 3.8) is 0 Å². The molecular weight excluding hydrogens is 429 g/mol.